The molecule has 3 aromatic rings. The fourth-order valence-electron chi connectivity index (χ4n) is 3.73. The number of likely N-dealkylation sites (tertiary alicyclic amines) is 1. The van der Waals surface area contributed by atoms with Crippen molar-refractivity contribution in [2.45, 2.75) is 25.7 Å². The Kier molecular flexibility index (Phi) is 6.04. The topological polar surface area (TPSA) is 54.5 Å². The molecule has 0 saturated carbocycles. The van der Waals surface area contributed by atoms with Gasteiger partial charge in [-0.1, -0.05) is 23.7 Å². The van der Waals surface area contributed by atoms with Gasteiger partial charge >= 0.3 is 0 Å². The third kappa shape index (κ3) is 4.55. The van der Waals surface area contributed by atoms with Gasteiger partial charge in [0.1, 0.15) is 5.75 Å². The molecule has 1 aliphatic heterocycles. The van der Waals surface area contributed by atoms with E-state index in [9.17, 15) is 4.79 Å². The van der Waals surface area contributed by atoms with Crippen LogP contribution in [0.3, 0.4) is 0 Å². The molecule has 2 aromatic carbocycles. The highest BCUT2D eigenvalue weighted by Crippen LogP contribution is 2.34. The zero-order chi connectivity index (χ0) is 20.4. The van der Waals surface area contributed by atoms with Gasteiger partial charge in [0.15, 0.2) is 0 Å². The molecule has 152 valence electrons. The Hall–Kier alpha value is -2.15. The Morgan fingerprint density at radius 1 is 1.31 bits per heavy atom. The van der Waals surface area contributed by atoms with Crippen LogP contribution in [0.1, 0.15) is 29.3 Å². The summed E-state index contributed by atoms with van der Waals surface area (Å²) in [6, 6.07) is 11.9. The molecule has 2 heterocycles. The molecule has 1 saturated heterocycles. The number of halogens is 1. The number of piperidine rings is 1. The Bertz CT molecular complexity index is 995. The number of hydrogen-bond donors (Lipinski definition) is 1. The van der Waals surface area contributed by atoms with Crippen LogP contribution >= 0.6 is 22.9 Å². The van der Waals surface area contributed by atoms with Crippen LogP contribution in [-0.4, -0.2) is 42.5 Å². The van der Waals surface area contributed by atoms with E-state index < -0.39 is 0 Å². The lowest BCUT2D eigenvalue weighted by Crippen LogP contribution is -2.38. The summed E-state index contributed by atoms with van der Waals surface area (Å²) in [5, 5.41) is 4.80. The summed E-state index contributed by atoms with van der Waals surface area (Å²) in [7, 11) is 1.57. The number of rotatable bonds is 5. The molecule has 0 aliphatic carbocycles. The number of benzene rings is 2. The molecule has 0 atom stereocenters. The number of aromatic nitrogens is 1. The van der Waals surface area contributed by atoms with E-state index in [0.29, 0.717) is 28.9 Å². The van der Waals surface area contributed by atoms with Crippen LogP contribution in [0.4, 0.5) is 5.69 Å². The second-order valence-corrected chi connectivity index (χ2v) is 8.89. The number of nitrogens with zero attached hydrogens (tertiary/aromatic N) is 2. The van der Waals surface area contributed by atoms with E-state index >= 15 is 0 Å². The Balaban J connectivity index is 1.33. The summed E-state index contributed by atoms with van der Waals surface area (Å²) in [5.74, 6) is 1.01. The number of fused-ring (bicyclic) bond motifs is 1. The normalized spacial score (nSPS) is 15.6. The average Bonchev–Trinajstić information content (AvgIpc) is 3.15. The van der Waals surface area contributed by atoms with Crippen molar-refractivity contribution in [3.05, 3.63) is 52.0 Å². The minimum Gasteiger partial charge on any atom is -0.495 e. The van der Waals surface area contributed by atoms with E-state index in [1.165, 1.54) is 9.71 Å². The molecule has 1 amide bonds. The summed E-state index contributed by atoms with van der Waals surface area (Å²) in [4.78, 5) is 19.6. The lowest BCUT2D eigenvalue weighted by Gasteiger charge is -2.30. The van der Waals surface area contributed by atoms with Crippen molar-refractivity contribution in [3.8, 4) is 5.75 Å². The van der Waals surface area contributed by atoms with Gasteiger partial charge in [-0.15, -0.1) is 11.3 Å². The van der Waals surface area contributed by atoms with Crippen LogP contribution in [0.15, 0.2) is 36.4 Å². The number of hydrogen-bond acceptors (Lipinski definition) is 5. The minimum absolute atomic E-state index is 0.0385. The van der Waals surface area contributed by atoms with Gasteiger partial charge in [-0.05, 0) is 56.6 Å². The molecule has 1 fully saturated rings. The molecule has 1 N–H and O–H groups in total. The number of carbonyl (C=O) groups is 1. The van der Waals surface area contributed by atoms with Gasteiger partial charge in [-0.25, -0.2) is 4.98 Å². The molecule has 1 aromatic heterocycles. The number of methoxy groups -OCH3 is 1. The summed E-state index contributed by atoms with van der Waals surface area (Å²) >= 11 is 7.94. The monoisotopic (exact) mass is 429 g/mol. The second kappa shape index (κ2) is 8.69. The predicted molar refractivity (Wildman–Crippen MR) is 119 cm³/mol. The van der Waals surface area contributed by atoms with Crippen LogP contribution in [0.25, 0.3) is 10.2 Å². The van der Waals surface area contributed by atoms with Crippen LogP contribution in [0, 0.1) is 6.92 Å². The van der Waals surface area contributed by atoms with Gasteiger partial charge in [0, 0.05) is 17.0 Å². The fraction of sp³-hybridized carbons (Fsp3) is 0.364. The van der Waals surface area contributed by atoms with Crippen molar-refractivity contribution in [1.82, 2.24) is 9.88 Å². The Labute approximate surface area is 179 Å². The van der Waals surface area contributed by atoms with Crippen molar-refractivity contribution in [3.63, 3.8) is 0 Å². The third-order valence-corrected chi connectivity index (χ3v) is 6.98. The first-order valence-electron chi connectivity index (χ1n) is 9.75. The van der Waals surface area contributed by atoms with Gasteiger partial charge < -0.3 is 10.1 Å². The third-order valence-electron chi connectivity index (χ3n) is 5.37. The quantitative estimate of drug-likeness (QED) is 0.614. The standard InChI is InChI=1S/C22H24ClN3O2S/c1-14-11-18(19(28-2)12-16(14)23)24-21(27)13-26-9-7-15(8-10-26)22-25-17-5-3-4-6-20(17)29-22/h3-6,11-12,15H,7-10,13H2,1-2H3,(H,24,27). The smallest absolute Gasteiger partial charge is 0.238 e. The predicted octanol–water partition coefficient (Wildman–Crippen LogP) is 5.08. The Morgan fingerprint density at radius 2 is 2.07 bits per heavy atom. The van der Waals surface area contributed by atoms with Gasteiger partial charge in [0.05, 0.1) is 34.6 Å². The molecular weight excluding hydrogens is 406 g/mol. The summed E-state index contributed by atoms with van der Waals surface area (Å²) < 4.78 is 6.59. The van der Waals surface area contributed by atoms with Crippen LogP contribution in [-0.2, 0) is 4.79 Å². The fourth-order valence-corrected chi connectivity index (χ4v) is 5.02. The number of para-hydroxylation sites is 1. The molecular formula is C22H24ClN3O2S. The molecule has 0 radical (unpaired) electrons. The number of nitrogens with one attached hydrogen (secondary N) is 1. The molecule has 0 spiro atoms. The lowest BCUT2D eigenvalue weighted by atomic mass is 9.97. The highest BCUT2D eigenvalue weighted by atomic mass is 35.5. The molecule has 7 heteroatoms. The molecule has 4 rings (SSSR count). The maximum absolute atomic E-state index is 12.6. The molecule has 1 aliphatic rings. The van der Waals surface area contributed by atoms with Gasteiger partial charge in [0.25, 0.3) is 0 Å². The highest BCUT2D eigenvalue weighted by molar-refractivity contribution is 7.18. The van der Waals surface area contributed by atoms with Crippen molar-refractivity contribution >= 4 is 44.7 Å². The van der Waals surface area contributed by atoms with E-state index in [1.54, 1.807) is 24.5 Å². The van der Waals surface area contributed by atoms with Crippen molar-refractivity contribution in [1.29, 1.82) is 0 Å². The first-order chi connectivity index (χ1) is 14.0. The largest absolute Gasteiger partial charge is 0.495 e. The van der Waals surface area contributed by atoms with Crippen LogP contribution in [0.2, 0.25) is 5.02 Å². The van der Waals surface area contributed by atoms with E-state index in [0.717, 1.165) is 37.0 Å². The maximum atomic E-state index is 12.6. The maximum Gasteiger partial charge on any atom is 0.238 e. The number of carbonyl (C=O) groups excluding carboxylic acids is 1. The van der Waals surface area contributed by atoms with E-state index in [1.807, 2.05) is 19.1 Å². The van der Waals surface area contributed by atoms with Gasteiger partial charge in [-0.3, -0.25) is 9.69 Å². The van der Waals surface area contributed by atoms with Crippen molar-refractivity contribution in [2.24, 2.45) is 0 Å². The van der Waals surface area contributed by atoms with E-state index in [-0.39, 0.29) is 5.91 Å². The summed E-state index contributed by atoms with van der Waals surface area (Å²) in [6.07, 6.45) is 2.05. The summed E-state index contributed by atoms with van der Waals surface area (Å²) in [6.45, 7) is 4.07. The van der Waals surface area contributed by atoms with Crippen molar-refractivity contribution < 1.29 is 9.53 Å². The number of ether oxygens (including phenoxy) is 1. The number of thiazole rings is 1. The van der Waals surface area contributed by atoms with E-state index in [4.69, 9.17) is 21.3 Å². The molecule has 5 nitrogen and oxygen atoms in total. The van der Waals surface area contributed by atoms with Gasteiger partial charge in [0.2, 0.25) is 5.91 Å². The second-order valence-electron chi connectivity index (χ2n) is 7.42. The first kappa shape index (κ1) is 20.1. The summed E-state index contributed by atoms with van der Waals surface area (Å²) in [5.41, 5.74) is 2.64. The number of anilines is 1. The highest BCUT2D eigenvalue weighted by Gasteiger charge is 2.24. The first-order valence-corrected chi connectivity index (χ1v) is 10.9. The Morgan fingerprint density at radius 3 is 2.79 bits per heavy atom. The van der Waals surface area contributed by atoms with Gasteiger partial charge in [-0.2, -0.15) is 0 Å². The zero-order valence-corrected chi connectivity index (χ0v) is 18.1. The minimum atomic E-state index is -0.0385. The molecule has 0 bridgehead atoms. The number of aryl methyl sites for hydroxylation is 1. The average molecular weight is 430 g/mol. The SMILES string of the molecule is COc1cc(Cl)c(C)cc1NC(=O)CN1CCC(c2nc3ccccc3s2)CC1. The van der Waals surface area contributed by atoms with Crippen molar-refractivity contribution in [2.75, 3.05) is 32.1 Å². The van der Waals surface area contributed by atoms with E-state index in [2.05, 4.69) is 28.4 Å². The molecule has 0 unspecified atom stereocenters. The number of amides is 1. The van der Waals surface area contributed by atoms with Crippen LogP contribution < -0.4 is 10.1 Å². The van der Waals surface area contributed by atoms with Crippen LogP contribution in [0.5, 0.6) is 5.75 Å². The molecule has 29 heavy (non-hydrogen) atoms. The zero-order valence-electron chi connectivity index (χ0n) is 16.6. The lowest BCUT2D eigenvalue weighted by molar-refractivity contribution is -0.117.